The molecule has 3 heterocycles. The van der Waals surface area contributed by atoms with Crippen LogP contribution < -0.4 is 16.1 Å². The van der Waals surface area contributed by atoms with Crippen molar-refractivity contribution < 1.29 is 9.53 Å². The van der Waals surface area contributed by atoms with Gasteiger partial charge < -0.3 is 14.5 Å². The average molecular weight is 361 g/mol. The van der Waals surface area contributed by atoms with Gasteiger partial charge in [-0.2, -0.15) is 5.26 Å². The first-order chi connectivity index (χ1) is 12.5. The van der Waals surface area contributed by atoms with Gasteiger partial charge in [0.15, 0.2) is 5.56 Å². The molecule has 1 aromatic heterocycles. The maximum Gasteiger partial charge on any atom is 0.332 e. The number of hydrogen-bond donors (Lipinski definition) is 0. The first-order valence-corrected chi connectivity index (χ1v) is 8.77. The van der Waals surface area contributed by atoms with Gasteiger partial charge in [-0.25, -0.2) is 4.79 Å². The van der Waals surface area contributed by atoms with Crippen molar-refractivity contribution in [1.82, 2.24) is 14.0 Å². The highest BCUT2D eigenvalue weighted by Crippen LogP contribution is 2.25. The van der Waals surface area contributed by atoms with Crippen molar-refractivity contribution in [3.05, 3.63) is 26.4 Å². The molecule has 0 aromatic carbocycles. The van der Waals surface area contributed by atoms with Crippen LogP contribution in [0.4, 0.5) is 5.82 Å². The summed E-state index contributed by atoms with van der Waals surface area (Å²) in [6.07, 6.45) is 1.52. The molecule has 0 saturated carbocycles. The molecule has 1 amide bonds. The number of ether oxygens (including phenoxy) is 1. The fourth-order valence-electron chi connectivity index (χ4n) is 3.71. The van der Waals surface area contributed by atoms with Crippen molar-refractivity contribution in [1.29, 1.82) is 5.26 Å². The highest BCUT2D eigenvalue weighted by atomic mass is 16.5. The molecular formula is C17H23N5O4. The Bertz CT molecular complexity index is 860. The smallest absolute Gasteiger partial charge is 0.332 e. The van der Waals surface area contributed by atoms with E-state index in [1.165, 1.54) is 11.6 Å². The number of nitriles is 1. The second-order valence-electron chi connectivity index (χ2n) is 6.74. The zero-order chi connectivity index (χ0) is 18.8. The topological polar surface area (TPSA) is 101 Å². The van der Waals surface area contributed by atoms with Gasteiger partial charge >= 0.3 is 5.69 Å². The Hall–Kier alpha value is -2.60. The van der Waals surface area contributed by atoms with Crippen LogP contribution >= 0.6 is 0 Å². The Balaban J connectivity index is 1.91. The molecule has 0 spiro atoms. The molecule has 1 atom stereocenters. The minimum absolute atomic E-state index is 0.0610. The van der Waals surface area contributed by atoms with E-state index in [0.717, 1.165) is 17.4 Å². The molecule has 0 aliphatic carbocycles. The van der Waals surface area contributed by atoms with E-state index in [2.05, 4.69) is 0 Å². The third-order valence-electron chi connectivity index (χ3n) is 5.14. The van der Waals surface area contributed by atoms with Gasteiger partial charge in [0.2, 0.25) is 5.91 Å². The molecule has 2 aliphatic rings. The summed E-state index contributed by atoms with van der Waals surface area (Å²) in [4.78, 5) is 41.0. The van der Waals surface area contributed by atoms with E-state index in [-0.39, 0.29) is 17.4 Å². The van der Waals surface area contributed by atoms with Crippen molar-refractivity contribution >= 4 is 11.7 Å². The Kier molecular flexibility index (Phi) is 5.13. The summed E-state index contributed by atoms with van der Waals surface area (Å²) in [5, 5.41) is 9.45. The van der Waals surface area contributed by atoms with Crippen LogP contribution in [0.2, 0.25) is 0 Å². The van der Waals surface area contributed by atoms with Crippen LogP contribution in [0.5, 0.6) is 0 Å². The van der Waals surface area contributed by atoms with Crippen molar-refractivity contribution in [3.63, 3.8) is 0 Å². The Morgan fingerprint density at radius 3 is 2.50 bits per heavy atom. The highest BCUT2D eigenvalue weighted by molar-refractivity contribution is 5.80. The molecule has 9 heteroatoms. The Labute approximate surface area is 151 Å². The number of anilines is 1. The Morgan fingerprint density at radius 2 is 1.85 bits per heavy atom. The van der Waals surface area contributed by atoms with Crippen LogP contribution in [0.15, 0.2) is 9.59 Å². The van der Waals surface area contributed by atoms with Gasteiger partial charge in [0.05, 0.1) is 19.1 Å². The first kappa shape index (κ1) is 18.2. The van der Waals surface area contributed by atoms with Crippen LogP contribution in [-0.4, -0.2) is 59.3 Å². The SMILES string of the molecule is Cn1c(N2CCCC(C(=O)N3CCOCC3)C2)c(C#N)c(=O)n(C)c1=O. The second kappa shape index (κ2) is 7.33. The fraction of sp³-hybridized carbons (Fsp3) is 0.647. The number of rotatable bonds is 2. The van der Waals surface area contributed by atoms with Crippen molar-refractivity contribution in [3.8, 4) is 6.07 Å². The van der Waals surface area contributed by atoms with E-state index >= 15 is 0 Å². The minimum Gasteiger partial charge on any atom is -0.378 e. The lowest BCUT2D eigenvalue weighted by atomic mass is 9.96. The van der Waals surface area contributed by atoms with Crippen LogP contribution in [-0.2, 0) is 23.6 Å². The van der Waals surface area contributed by atoms with Crippen molar-refractivity contribution in [2.45, 2.75) is 12.8 Å². The number of aromatic nitrogens is 2. The average Bonchev–Trinajstić information content (AvgIpc) is 2.69. The third-order valence-corrected chi connectivity index (χ3v) is 5.14. The van der Waals surface area contributed by atoms with Gasteiger partial charge in [-0.15, -0.1) is 0 Å². The van der Waals surface area contributed by atoms with Crippen molar-refractivity contribution in [2.75, 3.05) is 44.3 Å². The van der Waals surface area contributed by atoms with Gasteiger partial charge in [0, 0.05) is 40.3 Å². The molecule has 0 bridgehead atoms. The lowest BCUT2D eigenvalue weighted by Gasteiger charge is -2.37. The van der Waals surface area contributed by atoms with Crippen LogP contribution in [0, 0.1) is 17.2 Å². The van der Waals surface area contributed by atoms with Gasteiger partial charge in [0.1, 0.15) is 11.9 Å². The summed E-state index contributed by atoms with van der Waals surface area (Å²) in [7, 11) is 2.90. The number of amides is 1. The van der Waals surface area contributed by atoms with Crippen molar-refractivity contribution in [2.24, 2.45) is 20.0 Å². The summed E-state index contributed by atoms with van der Waals surface area (Å²) >= 11 is 0. The molecule has 140 valence electrons. The summed E-state index contributed by atoms with van der Waals surface area (Å²) < 4.78 is 7.55. The van der Waals surface area contributed by atoms with Gasteiger partial charge in [-0.1, -0.05) is 0 Å². The molecule has 1 aromatic rings. The van der Waals surface area contributed by atoms with E-state index in [4.69, 9.17) is 4.74 Å². The lowest BCUT2D eigenvalue weighted by Crippen LogP contribution is -2.50. The normalized spacial score (nSPS) is 20.7. The molecule has 2 aliphatic heterocycles. The summed E-state index contributed by atoms with van der Waals surface area (Å²) in [5.41, 5.74) is -1.15. The molecule has 9 nitrogen and oxygen atoms in total. The van der Waals surface area contributed by atoms with E-state index in [9.17, 15) is 19.6 Å². The van der Waals surface area contributed by atoms with Gasteiger partial charge in [-0.05, 0) is 12.8 Å². The zero-order valence-electron chi connectivity index (χ0n) is 15.1. The van der Waals surface area contributed by atoms with Gasteiger partial charge in [-0.3, -0.25) is 18.7 Å². The standard InChI is InChI=1S/C17H23N5O4/c1-19-14(13(10-18)16(24)20(2)17(19)25)22-5-3-4-12(11-22)15(23)21-6-8-26-9-7-21/h12H,3-9,11H2,1-2H3. The Morgan fingerprint density at radius 1 is 1.15 bits per heavy atom. The quantitative estimate of drug-likeness (QED) is 0.672. The number of carbonyl (C=O) groups is 1. The number of carbonyl (C=O) groups excluding carboxylic acids is 1. The lowest BCUT2D eigenvalue weighted by molar-refractivity contribution is -0.139. The molecular weight excluding hydrogens is 338 g/mol. The highest BCUT2D eigenvalue weighted by Gasteiger charge is 2.32. The summed E-state index contributed by atoms with van der Waals surface area (Å²) in [5.74, 6) is 0.165. The number of piperidine rings is 1. The molecule has 3 rings (SSSR count). The van der Waals surface area contributed by atoms with Gasteiger partial charge in [0.25, 0.3) is 5.56 Å². The maximum absolute atomic E-state index is 12.8. The van der Waals surface area contributed by atoms with Crippen LogP contribution in [0.1, 0.15) is 18.4 Å². The first-order valence-electron chi connectivity index (χ1n) is 8.77. The number of hydrogen-bond acceptors (Lipinski definition) is 6. The second-order valence-corrected chi connectivity index (χ2v) is 6.74. The molecule has 0 radical (unpaired) electrons. The van der Waals surface area contributed by atoms with Crippen LogP contribution in [0.25, 0.3) is 0 Å². The fourth-order valence-corrected chi connectivity index (χ4v) is 3.71. The zero-order valence-corrected chi connectivity index (χ0v) is 15.1. The predicted octanol–water partition coefficient (Wildman–Crippen LogP) is -0.969. The van der Waals surface area contributed by atoms with Crippen LogP contribution in [0.3, 0.4) is 0 Å². The van der Waals surface area contributed by atoms with E-state index in [1.54, 1.807) is 7.05 Å². The third kappa shape index (κ3) is 3.12. The largest absolute Gasteiger partial charge is 0.378 e. The number of morpholine rings is 1. The summed E-state index contributed by atoms with van der Waals surface area (Å²) in [6.45, 7) is 3.26. The predicted molar refractivity (Wildman–Crippen MR) is 94.0 cm³/mol. The van der Waals surface area contributed by atoms with E-state index in [1.807, 2.05) is 15.9 Å². The maximum atomic E-state index is 12.8. The molecule has 2 fully saturated rings. The molecule has 0 N–H and O–H groups in total. The monoisotopic (exact) mass is 361 g/mol. The van der Waals surface area contributed by atoms with E-state index in [0.29, 0.717) is 45.2 Å². The summed E-state index contributed by atoms with van der Waals surface area (Å²) in [6, 6.07) is 1.93. The molecule has 26 heavy (non-hydrogen) atoms. The molecule has 2 saturated heterocycles. The minimum atomic E-state index is -0.604. The molecule has 1 unspecified atom stereocenters. The number of nitrogens with zero attached hydrogens (tertiary/aromatic N) is 5. The van der Waals surface area contributed by atoms with E-state index < -0.39 is 11.2 Å².